The van der Waals surface area contributed by atoms with Gasteiger partial charge in [-0.1, -0.05) is 13.8 Å². The van der Waals surface area contributed by atoms with Gasteiger partial charge in [0.15, 0.2) is 0 Å². The fraction of sp³-hybridized carbons (Fsp3) is 0.263. The third-order valence-electron chi connectivity index (χ3n) is 3.93. The van der Waals surface area contributed by atoms with E-state index >= 15 is 0 Å². The number of nitrogens with two attached hydrogens (primary N) is 4. The van der Waals surface area contributed by atoms with Gasteiger partial charge in [0.25, 0.3) is 11.8 Å². The lowest BCUT2D eigenvalue weighted by Crippen LogP contribution is -2.42. The van der Waals surface area contributed by atoms with Crippen LogP contribution >= 0.6 is 0 Å². The molecule has 10 N–H and O–H groups in total. The maximum atomic E-state index is 12.3. The van der Waals surface area contributed by atoms with Crippen molar-refractivity contribution in [1.29, 1.82) is 0 Å². The summed E-state index contributed by atoms with van der Waals surface area (Å²) in [5.74, 6) is -0.561. The Balaban J connectivity index is 1.92. The number of carbonyl (C=O) groups excluding carboxylic acids is 2. The predicted molar refractivity (Wildman–Crippen MR) is 109 cm³/mol. The van der Waals surface area contributed by atoms with Crippen molar-refractivity contribution in [2.45, 2.75) is 13.8 Å². The molecule has 0 radical (unpaired) electrons. The second kappa shape index (κ2) is 7.86. The standard InChI is InChI=1S/C19H26N6O2/c1-19(2,9-24-17(26)11-3-13(20)7-14(21)4-11)10-25-18(27)12-5-15(22)8-16(23)6-12/h3-8H,9-10,20-23H2,1-2H3,(H,24,26)(H,25,27). The third-order valence-corrected chi connectivity index (χ3v) is 3.93. The van der Waals surface area contributed by atoms with Gasteiger partial charge in [-0.3, -0.25) is 9.59 Å². The number of benzene rings is 2. The fourth-order valence-electron chi connectivity index (χ4n) is 2.52. The Morgan fingerprint density at radius 1 is 0.704 bits per heavy atom. The van der Waals surface area contributed by atoms with Gasteiger partial charge in [0.05, 0.1) is 0 Å². The van der Waals surface area contributed by atoms with Gasteiger partial charge in [-0.25, -0.2) is 0 Å². The summed E-state index contributed by atoms with van der Waals surface area (Å²) >= 11 is 0. The van der Waals surface area contributed by atoms with Crippen molar-refractivity contribution >= 4 is 34.6 Å². The summed E-state index contributed by atoms with van der Waals surface area (Å²) in [5, 5.41) is 5.67. The topological polar surface area (TPSA) is 162 Å². The van der Waals surface area contributed by atoms with Crippen molar-refractivity contribution in [2.24, 2.45) is 5.41 Å². The highest BCUT2D eigenvalue weighted by molar-refractivity contribution is 5.96. The molecule has 8 heteroatoms. The minimum atomic E-state index is -0.386. The van der Waals surface area contributed by atoms with Crippen LogP contribution in [0.2, 0.25) is 0 Å². The third kappa shape index (κ3) is 5.81. The Kier molecular flexibility index (Phi) is 5.79. The van der Waals surface area contributed by atoms with Crippen molar-refractivity contribution in [2.75, 3.05) is 36.0 Å². The molecule has 0 fully saturated rings. The molecule has 0 unspecified atom stereocenters. The molecule has 0 saturated heterocycles. The first kappa shape index (κ1) is 19.9. The van der Waals surface area contributed by atoms with Gasteiger partial charge >= 0.3 is 0 Å². The molecule has 0 heterocycles. The molecule has 0 aliphatic rings. The molecule has 144 valence electrons. The summed E-state index contributed by atoms with van der Waals surface area (Å²) in [5.41, 5.74) is 24.9. The summed E-state index contributed by atoms with van der Waals surface area (Å²) in [6, 6.07) is 9.41. The van der Waals surface area contributed by atoms with E-state index in [0.717, 1.165) is 0 Å². The smallest absolute Gasteiger partial charge is 0.251 e. The highest BCUT2D eigenvalue weighted by atomic mass is 16.2. The van der Waals surface area contributed by atoms with E-state index in [4.69, 9.17) is 22.9 Å². The lowest BCUT2D eigenvalue weighted by atomic mass is 9.93. The maximum absolute atomic E-state index is 12.3. The van der Waals surface area contributed by atoms with Gasteiger partial charge in [0.1, 0.15) is 0 Å². The molecule has 0 atom stereocenters. The molecular formula is C19H26N6O2. The normalized spacial score (nSPS) is 11.0. The zero-order chi connectivity index (χ0) is 20.2. The van der Waals surface area contributed by atoms with Gasteiger partial charge in [-0.05, 0) is 41.8 Å². The first-order chi connectivity index (χ1) is 12.6. The summed E-state index contributed by atoms with van der Waals surface area (Å²) in [7, 11) is 0. The zero-order valence-corrected chi connectivity index (χ0v) is 15.5. The number of hydrogen-bond acceptors (Lipinski definition) is 6. The van der Waals surface area contributed by atoms with Crippen LogP contribution in [0.3, 0.4) is 0 Å². The van der Waals surface area contributed by atoms with Gasteiger partial charge < -0.3 is 33.6 Å². The minimum Gasteiger partial charge on any atom is -0.399 e. The molecule has 2 rings (SSSR count). The molecule has 0 saturated carbocycles. The summed E-state index contributed by atoms with van der Waals surface area (Å²) in [6.45, 7) is 4.55. The maximum Gasteiger partial charge on any atom is 0.251 e. The summed E-state index contributed by atoms with van der Waals surface area (Å²) in [4.78, 5) is 24.6. The lowest BCUT2D eigenvalue weighted by molar-refractivity contribution is 0.0920. The average Bonchev–Trinajstić information content (AvgIpc) is 2.56. The number of nitrogen functional groups attached to an aromatic ring is 4. The monoisotopic (exact) mass is 370 g/mol. The van der Waals surface area contributed by atoms with Crippen molar-refractivity contribution < 1.29 is 9.59 Å². The highest BCUT2D eigenvalue weighted by Crippen LogP contribution is 2.17. The Labute approximate surface area is 158 Å². The van der Waals surface area contributed by atoms with Crippen molar-refractivity contribution in [1.82, 2.24) is 10.6 Å². The second-order valence-corrected chi connectivity index (χ2v) is 7.31. The first-order valence-corrected chi connectivity index (χ1v) is 8.44. The molecule has 2 aromatic carbocycles. The molecule has 27 heavy (non-hydrogen) atoms. The molecule has 8 nitrogen and oxygen atoms in total. The Hall–Kier alpha value is -3.42. The molecular weight excluding hydrogens is 344 g/mol. The molecule has 0 aliphatic carbocycles. The van der Waals surface area contributed by atoms with Gasteiger partial charge in [-0.2, -0.15) is 0 Å². The average molecular weight is 370 g/mol. The quantitative estimate of drug-likeness (QED) is 0.419. The number of anilines is 4. The first-order valence-electron chi connectivity index (χ1n) is 8.44. The fourth-order valence-corrected chi connectivity index (χ4v) is 2.52. The van der Waals surface area contributed by atoms with Crippen molar-refractivity contribution in [3.8, 4) is 0 Å². The largest absolute Gasteiger partial charge is 0.399 e. The molecule has 2 amide bonds. The Morgan fingerprint density at radius 2 is 1.00 bits per heavy atom. The molecule has 0 spiro atoms. The van der Waals surface area contributed by atoms with E-state index in [-0.39, 0.29) is 17.2 Å². The Bertz CT molecular complexity index is 753. The van der Waals surface area contributed by atoms with E-state index in [9.17, 15) is 9.59 Å². The van der Waals surface area contributed by atoms with Crippen molar-refractivity contribution in [3.63, 3.8) is 0 Å². The van der Waals surface area contributed by atoms with Crippen LogP contribution in [0.15, 0.2) is 36.4 Å². The highest BCUT2D eigenvalue weighted by Gasteiger charge is 2.21. The number of nitrogens with one attached hydrogen (secondary N) is 2. The van der Waals surface area contributed by atoms with Crippen LogP contribution < -0.4 is 33.6 Å². The zero-order valence-electron chi connectivity index (χ0n) is 15.5. The molecule has 0 aliphatic heterocycles. The summed E-state index contributed by atoms with van der Waals surface area (Å²) in [6.07, 6.45) is 0. The predicted octanol–water partition coefficient (Wildman–Crippen LogP) is 1.20. The van der Waals surface area contributed by atoms with Crippen molar-refractivity contribution in [3.05, 3.63) is 47.5 Å². The van der Waals surface area contributed by atoms with Crippen LogP contribution in [-0.2, 0) is 0 Å². The molecule has 2 aromatic rings. The van der Waals surface area contributed by atoms with Gasteiger partial charge in [-0.15, -0.1) is 0 Å². The minimum absolute atomic E-state index is 0.281. The van der Waals surface area contributed by atoms with Crippen LogP contribution in [0.25, 0.3) is 0 Å². The number of rotatable bonds is 6. The van der Waals surface area contributed by atoms with E-state index in [2.05, 4.69) is 10.6 Å². The van der Waals surface area contributed by atoms with Crippen LogP contribution in [0.5, 0.6) is 0 Å². The van der Waals surface area contributed by atoms with E-state index < -0.39 is 0 Å². The number of hydrogen-bond donors (Lipinski definition) is 6. The Morgan fingerprint density at radius 3 is 1.30 bits per heavy atom. The SMILES string of the molecule is CC(C)(CNC(=O)c1cc(N)cc(N)c1)CNC(=O)c1cc(N)cc(N)c1. The second-order valence-electron chi connectivity index (χ2n) is 7.31. The molecule has 0 bridgehead atoms. The lowest BCUT2D eigenvalue weighted by Gasteiger charge is -2.25. The van der Waals surface area contributed by atoms with Crippen LogP contribution in [0.1, 0.15) is 34.6 Å². The van der Waals surface area contributed by atoms with Gasteiger partial charge in [0.2, 0.25) is 0 Å². The van der Waals surface area contributed by atoms with Crippen LogP contribution in [-0.4, -0.2) is 24.9 Å². The van der Waals surface area contributed by atoms with E-state index in [1.54, 1.807) is 36.4 Å². The number of amides is 2. The van der Waals surface area contributed by atoms with E-state index in [0.29, 0.717) is 47.0 Å². The number of carbonyl (C=O) groups is 2. The summed E-state index contributed by atoms with van der Waals surface area (Å²) < 4.78 is 0. The van der Waals surface area contributed by atoms with E-state index in [1.165, 1.54) is 0 Å². The van der Waals surface area contributed by atoms with Crippen LogP contribution in [0.4, 0.5) is 22.7 Å². The van der Waals surface area contributed by atoms with E-state index in [1.807, 2.05) is 13.8 Å². The molecule has 0 aromatic heterocycles. The van der Waals surface area contributed by atoms with Gasteiger partial charge in [0, 0.05) is 47.0 Å². The van der Waals surface area contributed by atoms with Crippen LogP contribution in [0, 0.1) is 5.41 Å².